The molecule has 2 aromatic rings. The highest BCUT2D eigenvalue weighted by molar-refractivity contribution is 7.10. The smallest absolute Gasteiger partial charge is 0.236 e. The fraction of sp³-hybridized carbons (Fsp3) is 0.417. The molecule has 5 rings (SSSR count). The van der Waals surface area contributed by atoms with Gasteiger partial charge in [0.05, 0.1) is 11.5 Å². The van der Waals surface area contributed by atoms with Crippen molar-refractivity contribution < 1.29 is 18.7 Å². The lowest BCUT2D eigenvalue weighted by molar-refractivity contribution is -0.138. The lowest BCUT2D eigenvalue weighted by Gasteiger charge is -2.42. The number of amides is 2. The highest BCUT2D eigenvalue weighted by Gasteiger charge is 2.58. The summed E-state index contributed by atoms with van der Waals surface area (Å²) in [5, 5.41) is 22.7. The molecule has 0 aliphatic carbocycles. The maximum atomic E-state index is 13.8. The van der Waals surface area contributed by atoms with Crippen LogP contribution in [0.2, 0.25) is 0 Å². The molecule has 3 saturated heterocycles. The van der Waals surface area contributed by atoms with Gasteiger partial charge in [-0.25, -0.2) is 4.39 Å². The Morgan fingerprint density at radius 3 is 2.82 bits per heavy atom. The number of thiophene rings is 1. The number of nitrogens with one attached hydrogen (secondary N) is 2. The van der Waals surface area contributed by atoms with Gasteiger partial charge in [-0.2, -0.15) is 5.26 Å². The van der Waals surface area contributed by atoms with Crippen molar-refractivity contribution in [3.05, 3.63) is 45.9 Å². The first-order chi connectivity index (χ1) is 16.3. The highest BCUT2D eigenvalue weighted by atomic mass is 32.1. The van der Waals surface area contributed by atoms with Gasteiger partial charge in [0.1, 0.15) is 17.4 Å². The maximum absolute atomic E-state index is 13.8. The van der Waals surface area contributed by atoms with Crippen LogP contribution in [0.25, 0.3) is 11.1 Å². The minimum Gasteiger partial charge on any atom is -0.381 e. The van der Waals surface area contributed by atoms with Gasteiger partial charge in [0.25, 0.3) is 0 Å². The normalized spacial score (nSPS) is 25.1. The summed E-state index contributed by atoms with van der Waals surface area (Å²) < 4.78 is 19.2. The Labute approximate surface area is 200 Å². The number of halogens is 1. The summed E-state index contributed by atoms with van der Waals surface area (Å²) in [7, 11) is 1.56. The standard InChI is InChI=1S/C24H24FN5O3S/c1-29-22(32)18-11-30(21(31)14-4-6-33-7-5-14)13-24(18,28-23(29)27)20-9-17(12-34-20)15-2-3-19(25)16(8-15)10-26/h2-3,8-9,12,14,18H,4-7,11,13H2,1H3,(H2,27,28)/t18?,24-/m0/s1. The molecule has 0 radical (unpaired) electrons. The lowest BCUT2D eigenvalue weighted by Crippen LogP contribution is -2.64. The van der Waals surface area contributed by atoms with Gasteiger partial charge in [-0.3, -0.25) is 19.9 Å². The number of carbonyl (C=O) groups excluding carboxylic acids is 2. The van der Waals surface area contributed by atoms with Crippen molar-refractivity contribution in [3.8, 4) is 17.2 Å². The molecule has 34 heavy (non-hydrogen) atoms. The van der Waals surface area contributed by atoms with Crippen LogP contribution in [0.15, 0.2) is 29.6 Å². The summed E-state index contributed by atoms with van der Waals surface area (Å²) in [6, 6.07) is 8.15. The second kappa shape index (κ2) is 8.49. The molecule has 1 aromatic heterocycles. The van der Waals surface area contributed by atoms with E-state index in [2.05, 4.69) is 5.32 Å². The molecule has 8 nitrogen and oxygen atoms in total. The van der Waals surface area contributed by atoms with Crippen LogP contribution in [0.5, 0.6) is 0 Å². The number of fused-ring (bicyclic) bond motifs is 1. The molecule has 3 aliphatic rings. The third kappa shape index (κ3) is 3.56. The predicted molar refractivity (Wildman–Crippen MR) is 123 cm³/mol. The zero-order valence-electron chi connectivity index (χ0n) is 18.6. The minimum atomic E-state index is -0.914. The van der Waals surface area contributed by atoms with E-state index in [-0.39, 0.29) is 42.3 Å². The summed E-state index contributed by atoms with van der Waals surface area (Å²) in [6.07, 6.45) is 1.33. The van der Waals surface area contributed by atoms with E-state index < -0.39 is 17.3 Å². The minimum absolute atomic E-state index is 0.00915. The van der Waals surface area contributed by atoms with Crippen molar-refractivity contribution in [2.75, 3.05) is 33.4 Å². The van der Waals surface area contributed by atoms with Crippen molar-refractivity contribution in [1.29, 1.82) is 10.7 Å². The topological polar surface area (TPSA) is 110 Å². The summed E-state index contributed by atoms with van der Waals surface area (Å²) in [4.78, 5) is 30.4. The van der Waals surface area contributed by atoms with Crippen molar-refractivity contribution >= 4 is 29.1 Å². The van der Waals surface area contributed by atoms with Crippen molar-refractivity contribution in [1.82, 2.24) is 15.1 Å². The first-order valence-electron chi connectivity index (χ1n) is 11.1. The molecule has 1 unspecified atom stereocenters. The largest absolute Gasteiger partial charge is 0.381 e. The average Bonchev–Trinajstić information content (AvgIpc) is 3.50. The second-order valence-electron chi connectivity index (χ2n) is 9.01. The van der Waals surface area contributed by atoms with Crippen LogP contribution in [0, 0.1) is 34.4 Å². The number of ether oxygens (including phenoxy) is 1. The molecule has 1 aromatic carbocycles. The number of likely N-dealkylation sites (tertiary alicyclic amines) is 1. The average molecular weight is 482 g/mol. The molecular weight excluding hydrogens is 457 g/mol. The van der Waals surface area contributed by atoms with Gasteiger partial charge >= 0.3 is 0 Å². The van der Waals surface area contributed by atoms with Gasteiger partial charge in [0.15, 0.2) is 5.96 Å². The third-order valence-corrected chi connectivity index (χ3v) is 8.19. The van der Waals surface area contributed by atoms with E-state index in [1.807, 2.05) is 17.5 Å². The Morgan fingerprint density at radius 1 is 1.32 bits per heavy atom. The SMILES string of the molecule is CN1C(=N)N[C@@]2(c3cc(-c4ccc(F)c(C#N)c4)cs3)CN(C(=O)C3CCOCC3)CC2C1=O. The number of nitriles is 1. The summed E-state index contributed by atoms with van der Waals surface area (Å²) >= 11 is 1.43. The number of nitrogens with zero attached hydrogens (tertiary/aromatic N) is 3. The predicted octanol–water partition coefficient (Wildman–Crippen LogP) is 2.50. The van der Waals surface area contributed by atoms with Gasteiger partial charge in [-0.1, -0.05) is 6.07 Å². The molecule has 0 bridgehead atoms. The second-order valence-corrected chi connectivity index (χ2v) is 9.92. The van der Waals surface area contributed by atoms with Crippen molar-refractivity contribution in [2.24, 2.45) is 11.8 Å². The molecule has 10 heteroatoms. The summed E-state index contributed by atoms with van der Waals surface area (Å²) in [5.41, 5.74) is 0.529. The quantitative estimate of drug-likeness (QED) is 0.700. The van der Waals surface area contributed by atoms with E-state index in [9.17, 15) is 19.2 Å². The van der Waals surface area contributed by atoms with E-state index in [1.54, 1.807) is 18.0 Å². The first-order valence-corrected chi connectivity index (χ1v) is 12.0. The molecule has 2 N–H and O–H groups in total. The zero-order valence-corrected chi connectivity index (χ0v) is 19.5. The van der Waals surface area contributed by atoms with Gasteiger partial charge < -0.3 is 15.0 Å². The number of benzene rings is 1. The number of rotatable bonds is 3. The Kier molecular flexibility index (Phi) is 5.62. The van der Waals surface area contributed by atoms with E-state index in [4.69, 9.17) is 10.1 Å². The number of hydrogen-bond acceptors (Lipinski definition) is 6. The third-order valence-electron chi connectivity index (χ3n) is 7.09. The number of hydrogen-bond donors (Lipinski definition) is 2. The Bertz CT molecular complexity index is 1220. The van der Waals surface area contributed by atoms with Gasteiger partial charge in [-0.05, 0) is 47.5 Å². The molecule has 4 heterocycles. The molecular formula is C24H24FN5O3S. The molecule has 2 atom stereocenters. The monoisotopic (exact) mass is 481 g/mol. The van der Waals surface area contributed by atoms with Gasteiger partial charge in [-0.15, -0.1) is 11.3 Å². The molecule has 0 saturated carbocycles. The van der Waals surface area contributed by atoms with Crippen molar-refractivity contribution in [2.45, 2.75) is 18.4 Å². The van der Waals surface area contributed by atoms with Crippen molar-refractivity contribution in [3.63, 3.8) is 0 Å². The fourth-order valence-corrected chi connectivity index (χ4v) is 6.22. The van der Waals surface area contributed by atoms with Gasteiger partial charge in [0, 0.05) is 44.1 Å². The van der Waals surface area contributed by atoms with Crippen LogP contribution in [0.1, 0.15) is 23.3 Å². The molecule has 2 amide bonds. The van der Waals surface area contributed by atoms with Crippen LogP contribution in [-0.4, -0.2) is 60.9 Å². The van der Waals surface area contributed by atoms with Gasteiger partial charge in [0.2, 0.25) is 11.8 Å². The van der Waals surface area contributed by atoms with E-state index in [1.165, 1.54) is 28.4 Å². The van der Waals surface area contributed by atoms with Crippen LogP contribution in [0.4, 0.5) is 4.39 Å². The lowest BCUT2D eigenvalue weighted by atomic mass is 9.82. The molecule has 0 spiro atoms. The van der Waals surface area contributed by atoms with Crippen LogP contribution in [-0.2, 0) is 19.9 Å². The summed E-state index contributed by atoms with van der Waals surface area (Å²) in [5.74, 6) is -1.42. The first kappa shape index (κ1) is 22.5. The Hall–Kier alpha value is -3.29. The molecule has 3 fully saturated rings. The van der Waals surface area contributed by atoms with Crippen LogP contribution in [0.3, 0.4) is 0 Å². The highest BCUT2D eigenvalue weighted by Crippen LogP contribution is 2.45. The van der Waals surface area contributed by atoms with Crippen LogP contribution >= 0.6 is 11.3 Å². The Balaban J connectivity index is 1.51. The maximum Gasteiger partial charge on any atom is 0.236 e. The summed E-state index contributed by atoms with van der Waals surface area (Å²) in [6.45, 7) is 1.67. The molecule has 3 aliphatic heterocycles. The Morgan fingerprint density at radius 2 is 2.09 bits per heavy atom. The zero-order chi connectivity index (χ0) is 24.0. The molecule has 176 valence electrons. The van der Waals surface area contributed by atoms with E-state index in [0.29, 0.717) is 31.6 Å². The fourth-order valence-electron chi connectivity index (χ4n) is 5.10. The van der Waals surface area contributed by atoms with E-state index in [0.717, 1.165) is 10.4 Å². The van der Waals surface area contributed by atoms with Crippen LogP contribution < -0.4 is 5.32 Å². The van der Waals surface area contributed by atoms with E-state index >= 15 is 0 Å². The number of carbonyl (C=O) groups is 2. The number of guanidine groups is 1.